The van der Waals surface area contributed by atoms with E-state index in [0.717, 1.165) is 0 Å². The minimum absolute atomic E-state index is 0.112. The molecule has 0 aliphatic carbocycles. The van der Waals surface area contributed by atoms with E-state index in [4.69, 9.17) is 27.8 Å². The number of nitrogens with one attached hydrogen (secondary N) is 1. The zero-order chi connectivity index (χ0) is 16.2. The smallest absolute Gasteiger partial charge is 0.278 e. The number of aliphatic hydroxyl groups excluding tert-OH is 3. The first kappa shape index (κ1) is 15.1. The summed E-state index contributed by atoms with van der Waals surface area (Å²) in [5.41, 5.74) is 5.36. The van der Waals surface area contributed by atoms with Crippen molar-refractivity contribution >= 4 is 29.3 Å². The van der Waals surface area contributed by atoms with Gasteiger partial charge in [-0.2, -0.15) is 4.98 Å². The number of nitrogens with zero attached hydrogens (tertiary/aromatic N) is 3. The third-order valence-corrected chi connectivity index (χ3v) is 4.19. The first-order valence-corrected chi connectivity index (χ1v) is 6.86. The van der Waals surface area contributed by atoms with E-state index in [0.29, 0.717) is 0 Å². The first-order valence-electron chi connectivity index (χ1n) is 6.46. The van der Waals surface area contributed by atoms with Gasteiger partial charge in [-0.15, -0.1) is 0 Å². The van der Waals surface area contributed by atoms with Gasteiger partial charge in [0.05, 0.1) is 6.61 Å². The zero-order valence-electron chi connectivity index (χ0n) is 11.5. The van der Waals surface area contributed by atoms with Gasteiger partial charge in [-0.1, -0.05) is 0 Å². The van der Waals surface area contributed by atoms with E-state index in [1.807, 2.05) is 0 Å². The molecule has 0 spiro atoms. The van der Waals surface area contributed by atoms with Crippen LogP contribution in [0.3, 0.4) is 0 Å². The first-order chi connectivity index (χ1) is 10.4. The average Bonchev–Trinajstić information content (AvgIpc) is 2.87. The molecule has 11 heteroatoms. The van der Waals surface area contributed by atoms with E-state index in [2.05, 4.69) is 9.97 Å². The van der Waals surface area contributed by atoms with Crippen LogP contribution in [0.1, 0.15) is 6.23 Å². The summed E-state index contributed by atoms with van der Waals surface area (Å²) in [6.07, 6.45) is -4.67. The Bertz CT molecular complexity index is 842. The highest BCUT2D eigenvalue weighted by molar-refractivity contribution is 7.71. The van der Waals surface area contributed by atoms with E-state index in [1.54, 1.807) is 7.05 Å². The van der Waals surface area contributed by atoms with Crippen molar-refractivity contribution in [1.82, 2.24) is 19.1 Å². The molecule has 4 atom stereocenters. The fraction of sp³-hybridized carbons (Fsp3) is 0.545. The summed E-state index contributed by atoms with van der Waals surface area (Å²) in [5.74, 6) is -0.112. The molecule has 10 nitrogen and oxygen atoms in total. The standard InChI is InChI=1S/C11H15N5O5S/c1-15-4-7(13-10(12)14-8(4)20)16(11(15)22)9-6(19)5(18)3(2-17)21-9/h3,5-6,9,17-19H,2H2,1H3,(H3,12,13,14,20)/t3-,5-,6-,9?/m1/s1. The van der Waals surface area contributed by atoms with Crippen LogP contribution in [-0.2, 0) is 11.8 Å². The van der Waals surface area contributed by atoms with Gasteiger partial charge in [0.25, 0.3) is 5.56 Å². The van der Waals surface area contributed by atoms with E-state index >= 15 is 0 Å². The molecule has 1 aliphatic rings. The summed E-state index contributed by atoms with van der Waals surface area (Å²) >= 11 is 5.26. The van der Waals surface area contributed by atoms with Crippen molar-refractivity contribution in [3.8, 4) is 0 Å². The lowest BCUT2D eigenvalue weighted by Gasteiger charge is -2.16. The van der Waals surface area contributed by atoms with Crippen molar-refractivity contribution in [1.29, 1.82) is 0 Å². The molecule has 2 aromatic rings. The molecule has 3 heterocycles. The lowest BCUT2D eigenvalue weighted by atomic mass is 10.1. The summed E-state index contributed by atoms with van der Waals surface area (Å²) in [5, 5.41) is 29.2. The summed E-state index contributed by atoms with van der Waals surface area (Å²) in [6, 6.07) is 0. The average molecular weight is 329 g/mol. The van der Waals surface area contributed by atoms with E-state index in [9.17, 15) is 15.0 Å². The van der Waals surface area contributed by atoms with Crippen molar-refractivity contribution in [2.75, 3.05) is 12.3 Å². The Labute approximate surface area is 128 Å². The third-order valence-electron chi connectivity index (χ3n) is 3.72. The van der Waals surface area contributed by atoms with Gasteiger partial charge in [0, 0.05) is 7.05 Å². The molecule has 2 aromatic heterocycles. The number of hydrogen-bond donors (Lipinski definition) is 5. The van der Waals surface area contributed by atoms with Crippen molar-refractivity contribution in [2.24, 2.45) is 7.05 Å². The van der Waals surface area contributed by atoms with Crippen molar-refractivity contribution in [2.45, 2.75) is 24.5 Å². The molecule has 1 fully saturated rings. The van der Waals surface area contributed by atoms with E-state index < -0.39 is 36.7 Å². The summed E-state index contributed by atoms with van der Waals surface area (Å²) in [4.78, 5) is 18.4. The molecule has 0 aromatic carbocycles. The minimum Gasteiger partial charge on any atom is -0.394 e. The van der Waals surface area contributed by atoms with Gasteiger partial charge >= 0.3 is 0 Å². The fourth-order valence-electron chi connectivity index (χ4n) is 2.61. The predicted octanol–water partition coefficient (Wildman–Crippen LogP) is -2.01. The molecule has 1 saturated heterocycles. The summed E-state index contributed by atoms with van der Waals surface area (Å²) in [6.45, 7) is -0.469. The predicted molar refractivity (Wildman–Crippen MR) is 77.6 cm³/mol. The number of ether oxygens (including phenoxy) is 1. The Balaban J connectivity index is 2.26. The lowest BCUT2D eigenvalue weighted by Crippen LogP contribution is -2.33. The molecule has 22 heavy (non-hydrogen) atoms. The van der Waals surface area contributed by atoms with Gasteiger partial charge in [-0.25, -0.2) is 0 Å². The number of rotatable bonds is 2. The molecular formula is C11H15N5O5S. The topological polar surface area (TPSA) is 152 Å². The highest BCUT2D eigenvalue weighted by atomic mass is 32.1. The molecule has 0 radical (unpaired) electrons. The number of nitrogen functional groups attached to an aromatic ring is 1. The Morgan fingerprint density at radius 1 is 1.45 bits per heavy atom. The van der Waals surface area contributed by atoms with Crippen LogP contribution in [0.4, 0.5) is 5.95 Å². The quantitative estimate of drug-likeness (QED) is 0.396. The Kier molecular flexibility index (Phi) is 3.53. The van der Waals surface area contributed by atoms with Crippen LogP contribution < -0.4 is 11.3 Å². The van der Waals surface area contributed by atoms with Gasteiger partial charge < -0.3 is 30.4 Å². The van der Waals surface area contributed by atoms with Gasteiger partial charge in [0.1, 0.15) is 18.3 Å². The third kappa shape index (κ3) is 1.98. The lowest BCUT2D eigenvalue weighted by molar-refractivity contribution is -0.0519. The molecule has 1 aliphatic heterocycles. The number of anilines is 1. The number of nitrogens with two attached hydrogens (primary N) is 1. The molecule has 1 unspecified atom stereocenters. The Hall–Kier alpha value is -1.79. The molecule has 3 rings (SSSR count). The second-order valence-electron chi connectivity index (χ2n) is 5.06. The minimum atomic E-state index is -1.34. The molecule has 0 amide bonds. The monoisotopic (exact) mass is 329 g/mol. The molecule has 120 valence electrons. The largest absolute Gasteiger partial charge is 0.394 e. The van der Waals surface area contributed by atoms with Crippen LogP contribution in [0.15, 0.2) is 4.79 Å². The summed E-state index contributed by atoms with van der Waals surface area (Å²) < 4.78 is 8.32. The molecule has 0 bridgehead atoms. The van der Waals surface area contributed by atoms with Crippen LogP contribution in [0.25, 0.3) is 11.2 Å². The van der Waals surface area contributed by atoms with Crippen LogP contribution in [0.2, 0.25) is 0 Å². The van der Waals surface area contributed by atoms with Gasteiger partial charge in [-0.3, -0.25) is 14.3 Å². The highest BCUT2D eigenvalue weighted by Gasteiger charge is 2.44. The number of H-pyrrole nitrogens is 1. The maximum Gasteiger partial charge on any atom is 0.278 e. The Morgan fingerprint density at radius 2 is 2.14 bits per heavy atom. The fourth-order valence-corrected chi connectivity index (χ4v) is 2.89. The Morgan fingerprint density at radius 3 is 2.73 bits per heavy atom. The number of aliphatic hydroxyl groups is 3. The van der Waals surface area contributed by atoms with Crippen LogP contribution in [-0.4, -0.2) is 59.3 Å². The van der Waals surface area contributed by atoms with Crippen molar-refractivity contribution in [3.63, 3.8) is 0 Å². The maximum absolute atomic E-state index is 12.0. The summed E-state index contributed by atoms with van der Waals surface area (Å²) in [7, 11) is 1.57. The molecule has 0 saturated carbocycles. The molecule has 6 N–H and O–H groups in total. The normalized spacial score (nSPS) is 28.5. The number of hydrogen-bond acceptors (Lipinski definition) is 8. The molecular weight excluding hydrogens is 314 g/mol. The number of aromatic nitrogens is 4. The SMILES string of the molecule is Cn1c(=S)n(C2O[C@H](CO)[C@@H](O)[C@H]2O)c2nc(N)[nH]c(=O)c21. The zero-order valence-corrected chi connectivity index (χ0v) is 12.3. The number of aromatic amines is 1. The van der Waals surface area contributed by atoms with Crippen LogP contribution >= 0.6 is 12.2 Å². The van der Waals surface area contributed by atoms with E-state index in [1.165, 1.54) is 9.13 Å². The number of aryl methyl sites for hydroxylation is 1. The van der Waals surface area contributed by atoms with Gasteiger partial charge in [0.2, 0.25) is 5.95 Å². The van der Waals surface area contributed by atoms with E-state index in [-0.39, 0.29) is 21.9 Å². The maximum atomic E-state index is 12.0. The second kappa shape index (κ2) is 5.14. The van der Waals surface area contributed by atoms with Gasteiger partial charge in [0.15, 0.2) is 22.2 Å². The van der Waals surface area contributed by atoms with Gasteiger partial charge in [-0.05, 0) is 12.2 Å². The van der Waals surface area contributed by atoms with Crippen LogP contribution in [0, 0.1) is 4.77 Å². The highest BCUT2D eigenvalue weighted by Crippen LogP contribution is 2.31. The second-order valence-corrected chi connectivity index (χ2v) is 5.43. The van der Waals surface area contributed by atoms with Crippen molar-refractivity contribution in [3.05, 3.63) is 15.1 Å². The van der Waals surface area contributed by atoms with Crippen LogP contribution in [0.5, 0.6) is 0 Å². The number of imidazole rings is 1. The van der Waals surface area contributed by atoms with Crippen molar-refractivity contribution < 1.29 is 20.1 Å². The number of fused-ring (bicyclic) bond motifs is 1.